The molecule has 2 aromatic heterocycles. The number of rotatable bonds is 7. The predicted octanol–water partition coefficient (Wildman–Crippen LogP) is 2.46. The number of fused-ring (bicyclic) bond motifs is 1. The summed E-state index contributed by atoms with van der Waals surface area (Å²) in [7, 11) is 1.28. The lowest BCUT2D eigenvalue weighted by Crippen LogP contribution is -2.42. The number of ether oxygens (including phenoxy) is 3. The molecule has 0 saturated heterocycles. The van der Waals surface area contributed by atoms with Gasteiger partial charge < -0.3 is 23.7 Å². The van der Waals surface area contributed by atoms with Gasteiger partial charge in [0.1, 0.15) is 23.7 Å². The molecule has 0 saturated carbocycles. The number of benzene rings is 1. The summed E-state index contributed by atoms with van der Waals surface area (Å²) in [6.45, 7) is 2.65. The molecule has 0 spiro atoms. The number of carbonyl (C=O) groups is 2. The van der Waals surface area contributed by atoms with E-state index in [4.69, 9.17) is 14.2 Å². The van der Waals surface area contributed by atoms with Gasteiger partial charge in [-0.3, -0.25) is 14.6 Å². The molecule has 1 aliphatic heterocycles. The quantitative estimate of drug-likeness (QED) is 0.482. The molecule has 1 aromatic carbocycles. The van der Waals surface area contributed by atoms with Crippen LogP contribution in [0.5, 0.6) is 11.5 Å². The molecular weight excluding hydrogens is 450 g/mol. The average Bonchev–Trinajstić information content (AvgIpc) is 3.11. The SMILES string of the molecule is COC(=O)c1c(OCc2ccccn2)cc(=O)n2c1CCN(C(=O)[C@H](C)Oc1ccccc1)CC2. The van der Waals surface area contributed by atoms with E-state index in [1.54, 1.807) is 42.3 Å². The molecule has 182 valence electrons. The van der Waals surface area contributed by atoms with Crippen LogP contribution in [0, 0.1) is 0 Å². The summed E-state index contributed by atoms with van der Waals surface area (Å²) in [5, 5.41) is 0. The smallest absolute Gasteiger partial charge is 0.343 e. The number of aromatic nitrogens is 2. The van der Waals surface area contributed by atoms with Crippen molar-refractivity contribution in [2.75, 3.05) is 20.2 Å². The molecule has 3 heterocycles. The number of methoxy groups -OCH3 is 1. The summed E-state index contributed by atoms with van der Waals surface area (Å²) >= 11 is 0. The van der Waals surface area contributed by atoms with Crippen molar-refractivity contribution in [2.45, 2.75) is 32.6 Å². The first-order chi connectivity index (χ1) is 17.0. The minimum Gasteiger partial charge on any atom is -0.486 e. The number of carbonyl (C=O) groups excluding carboxylic acids is 2. The fraction of sp³-hybridized carbons (Fsp3) is 0.308. The molecule has 0 N–H and O–H groups in total. The van der Waals surface area contributed by atoms with Crippen molar-refractivity contribution in [1.29, 1.82) is 0 Å². The standard InChI is InChI=1S/C26H27N3O6/c1-18(35-20-9-4-3-5-10-20)25(31)28-13-11-21-24(26(32)33-2)22(16-23(30)29(21)15-14-28)34-17-19-8-6-7-12-27-19/h3-10,12,16,18H,11,13-15,17H2,1-2H3/t18-/m0/s1. The first kappa shape index (κ1) is 24.0. The van der Waals surface area contributed by atoms with Crippen LogP contribution < -0.4 is 15.0 Å². The van der Waals surface area contributed by atoms with Gasteiger partial charge in [-0.2, -0.15) is 0 Å². The van der Waals surface area contributed by atoms with Gasteiger partial charge in [-0.25, -0.2) is 4.79 Å². The molecule has 0 fully saturated rings. The molecule has 1 atom stereocenters. The zero-order valence-electron chi connectivity index (χ0n) is 19.7. The first-order valence-electron chi connectivity index (χ1n) is 11.4. The van der Waals surface area contributed by atoms with Crippen molar-refractivity contribution in [3.8, 4) is 11.5 Å². The zero-order valence-corrected chi connectivity index (χ0v) is 19.7. The van der Waals surface area contributed by atoms with Gasteiger partial charge in [0.2, 0.25) is 0 Å². The molecule has 0 aliphatic carbocycles. The number of nitrogens with zero attached hydrogens (tertiary/aromatic N) is 3. The van der Waals surface area contributed by atoms with Crippen LogP contribution in [-0.2, 0) is 29.1 Å². The second-order valence-corrected chi connectivity index (χ2v) is 8.07. The van der Waals surface area contributed by atoms with Crippen LogP contribution >= 0.6 is 0 Å². The van der Waals surface area contributed by atoms with Crippen molar-refractivity contribution in [1.82, 2.24) is 14.5 Å². The van der Waals surface area contributed by atoms with Crippen LogP contribution in [-0.4, -0.2) is 52.6 Å². The maximum Gasteiger partial charge on any atom is 0.343 e. The predicted molar refractivity (Wildman–Crippen MR) is 127 cm³/mol. The number of amides is 1. The van der Waals surface area contributed by atoms with Gasteiger partial charge in [0.25, 0.3) is 11.5 Å². The van der Waals surface area contributed by atoms with E-state index in [0.29, 0.717) is 30.2 Å². The summed E-state index contributed by atoms with van der Waals surface area (Å²) < 4.78 is 18.1. The Balaban J connectivity index is 1.56. The van der Waals surface area contributed by atoms with Crippen LogP contribution in [0.15, 0.2) is 65.6 Å². The van der Waals surface area contributed by atoms with Crippen LogP contribution in [0.1, 0.15) is 28.7 Å². The Morgan fingerprint density at radius 3 is 2.54 bits per heavy atom. The molecule has 9 nitrogen and oxygen atoms in total. The molecule has 1 aliphatic rings. The van der Waals surface area contributed by atoms with Crippen molar-refractivity contribution in [3.63, 3.8) is 0 Å². The van der Waals surface area contributed by atoms with E-state index in [0.717, 1.165) is 0 Å². The van der Waals surface area contributed by atoms with E-state index < -0.39 is 12.1 Å². The Hall–Kier alpha value is -4.14. The van der Waals surface area contributed by atoms with Gasteiger partial charge in [-0.05, 0) is 31.2 Å². The maximum atomic E-state index is 13.1. The van der Waals surface area contributed by atoms with Gasteiger partial charge in [0, 0.05) is 44.0 Å². The van der Waals surface area contributed by atoms with Crippen molar-refractivity contribution in [2.24, 2.45) is 0 Å². The minimum atomic E-state index is -0.701. The molecule has 1 amide bonds. The molecule has 3 aromatic rings. The Kier molecular flexibility index (Phi) is 7.45. The highest BCUT2D eigenvalue weighted by molar-refractivity contribution is 5.93. The van der Waals surface area contributed by atoms with Crippen LogP contribution in [0.25, 0.3) is 0 Å². The van der Waals surface area contributed by atoms with Crippen molar-refractivity contribution in [3.05, 3.63) is 88.1 Å². The Morgan fingerprint density at radius 1 is 1.06 bits per heavy atom. The van der Waals surface area contributed by atoms with Gasteiger partial charge in [-0.15, -0.1) is 0 Å². The van der Waals surface area contributed by atoms with E-state index in [1.807, 2.05) is 24.3 Å². The van der Waals surface area contributed by atoms with Crippen LogP contribution in [0.4, 0.5) is 0 Å². The van der Waals surface area contributed by atoms with Gasteiger partial charge >= 0.3 is 5.97 Å². The fourth-order valence-electron chi connectivity index (χ4n) is 4.05. The van der Waals surface area contributed by atoms with Gasteiger partial charge in [0.15, 0.2) is 6.10 Å². The Labute approximate surface area is 202 Å². The Bertz CT molecular complexity index is 1240. The molecule has 9 heteroatoms. The van der Waals surface area contributed by atoms with Gasteiger partial charge in [-0.1, -0.05) is 24.3 Å². The molecule has 0 unspecified atom stereocenters. The number of hydrogen-bond donors (Lipinski definition) is 0. The molecule has 35 heavy (non-hydrogen) atoms. The topological polar surface area (TPSA) is 100.0 Å². The summed E-state index contributed by atoms with van der Waals surface area (Å²) in [6, 6.07) is 15.8. The van der Waals surface area contributed by atoms with E-state index in [2.05, 4.69) is 4.98 Å². The lowest BCUT2D eigenvalue weighted by Gasteiger charge is -2.24. The van der Waals surface area contributed by atoms with E-state index in [9.17, 15) is 14.4 Å². The Morgan fingerprint density at radius 2 is 1.83 bits per heavy atom. The number of para-hydroxylation sites is 1. The lowest BCUT2D eigenvalue weighted by atomic mass is 10.1. The highest BCUT2D eigenvalue weighted by Gasteiger charge is 2.29. The summed E-state index contributed by atoms with van der Waals surface area (Å²) in [6.07, 6.45) is 1.22. The highest BCUT2D eigenvalue weighted by atomic mass is 16.5. The largest absolute Gasteiger partial charge is 0.486 e. The molecule has 4 rings (SSSR count). The third-order valence-corrected chi connectivity index (χ3v) is 5.80. The van der Waals surface area contributed by atoms with Crippen molar-refractivity contribution >= 4 is 11.9 Å². The van der Waals surface area contributed by atoms with E-state index in [1.165, 1.54) is 17.7 Å². The average molecular weight is 478 g/mol. The second kappa shape index (κ2) is 10.9. The third kappa shape index (κ3) is 5.51. The third-order valence-electron chi connectivity index (χ3n) is 5.80. The van der Waals surface area contributed by atoms with E-state index >= 15 is 0 Å². The zero-order chi connectivity index (χ0) is 24.8. The number of esters is 1. The number of hydrogen-bond acceptors (Lipinski definition) is 7. The number of pyridine rings is 2. The van der Waals surface area contributed by atoms with Crippen LogP contribution in [0.2, 0.25) is 0 Å². The van der Waals surface area contributed by atoms with Gasteiger partial charge in [0.05, 0.1) is 12.8 Å². The van der Waals surface area contributed by atoms with Crippen molar-refractivity contribution < 1.29 is 23.8 Å². The van der Waals surface area contributed by atoms with E-state index in [-0.39, 0.29) is 42.4 Å². The maximum absolute atomic E-state index is 13.1. The first-order valence-corrected chi connectivity index (χ1v) is 11.4. The second-order valence-electron chi connectivity index (χ2n) is 8.07. The minimum absolute atomic E-state index is 0.0900. The van der Waals surface area contributed by atoms with Crippen LogP contribution in [0.3, 0.4) is 0 Å². The summed E-state index contributed by atoms with van der Waals surface area (Å²) in [5.41, 5.74) is 1.01. The molecule has 0 bridgehead atoms. The molecular formula is C26H27N3O6. The normalized spacial score (nSPS) is 13.8. The summed E-state index contributed by atoms with van der Waals surface area (Å²) in [4.78, 5) is 44.6. The fourth-order valence-corrected chi connectivity index (χ4v) is 4.05. The molecule has 0 radical (unpaired) electrons. The highest BCUT2D eigenvalue weighted by Crippen LogP contribution is 2.25. The monoisotopic (exact) mass is 477 g/mol. The lowest BCUT2D eigenvalue weighted by molar-refractivity contribution is -0.137. The summed E-state index contributed by atoms with van der Waals surface area (Å²) in [5.74, 6) is -0.0593.